The third-order valence-electron chi connectivity index (χ3n) is 2.79. The van der Waals surface area contributed by atoms with Gasteiger partial charge in [0.25, 0.3) is 10.2 Å². The van der Waals surface area contributed by atoms with Crippen LogP contribution in [0.3, 0.4) is 0 Å². The van der Waals surface area contributed by atoms with E-state index in [9.17, 15) is 8.42 Å². The standard InChI is InChI=1S/C10H23N3O2S.ClH/c1-9(2)12-16(14,15)13-6-4-10(5-7-13)8-11-3;/h9-12H,4-8H2,1-3H3;1H. The van der Waals surface area contributed by atoms with Gasteiger partial charge in [0.15, 0.2) is 0 Å². The van der Waals surface area contributed by atoms with Crippen molar-refractivity contribution in [3.63, 3.8) is 0 Å². The van der Waals surface area contributed by atoms with Crippen molar-refractivity contribution in [2.45, 2.75) is 32.7 Å². The van der Waals surface area contributed by atoms with E-state index in [1.54, 1.807) is 4.31 Å². The van der Waals surface area contributed by atoms with Gasteiger partial charge in [0.2, 0.25) is 0 Å². The minimum Gasteiger partial charge on any atom is -0.319 e. The van der Waals surface area contributed by atoms with E-state index >= 15 is 0 Å². The first kappa shape index (κ1) is 17.1. The topological polar surface area (TPSA) is 61.4 Å². The zero-order valence-electron chi connectivity index (χ0n) is 10.8. The SMILES string of the molecule is CNCC1CCN(S(=O)(=O)NC(C)C)CC1.Cl. The first-order valence-corrected chi connectivity index (χ1v) is 7.31. The summed E-state index contributed by atoms with van der Waals surface area (Å²) in [5, 5.41) is 3.14. The second kappa shape index (κ2) is 7.53. The molecule has 0 bridgehead atoms. The lowest BCUT2D eigenvalue weighted by Crippen LogP contribution is -2.47. The number of nitrogens with zero attached hydrogens (tertiary/aromatic N) is 1. The molecule has 2 N–H and O–H groups in total. The highest BCUT2D eigenvalue weighted by Crippen LogP contribution is 2.18. The van der Waals surface area contributed by atoms with Crippen molar-refractivity contribution in [1.29, 1.82) is 0 Å². The van der Waals surface area contributed by atoms with Gasteiger partial charge in [-0.05, 0) is 46.2 Å². The van der Waals surface area contributed by atoms with Crippen molar-refractivity contribution < 1.29 is 8.42 Å². The van der Waals surface area contributed by atoms with Gasteiger partial charge >= 0.3 is 0 Å². The molecule has 0 atom stereocenters. The molecule has 104 valence electrons. The maximum atomic E-state index is 11.9. The third kappa shape index (κ3) is 5.52. The number of hydrogen-bond acceptors (Lipinski definition) is 3. The van der Waals surface area contributed by atoms with Crippen LogP contribution in [0.15, 0.2) is 0 Å². The van der Waals surface area contributed by atoms with E-state index in [2.05, 4.69) is 10.0 Å². The molecule has 0 amide bonds. The first-order chi connectivity index (χ1) is 7.45. The Balaban J connectivity index is 0.00000256. The van der Waals surface area contributed by atoms with Crippen molar-refractivity contribution in [2.75, 3.05) is 26.7 Å². The molecular formula is C10H24ClN3O2S. The van der Waals surface area contributed by atoms with Crippen LogP contribution in [0.2, 0.25) is 0 Å². The van der Waals surface area contributed by atoms with Gasteiger partial charge in [-0.25, -0.2) is 0 Å². The van der Waals surface area contributed by atoms with Gasteiger partial charge < -0.3 is 5.32 Å². The fraction of sp³-hybridized carbons (Fsp3) is 1.00. The molecule has 1 aliphatic rings. The molecule has 1 heterocycles. The fourth-order valence-electron chi connectivity index (χ4n) is 2.01. The van der Waals surface area contributed by atoms with Gasteiger partial charge in [0.05, 0.1) is 0 Å². The Bertz CT molecular complexity index is 301. The van der Waals surface area contributed by atoms with Crippen LogP contribution >= 0.6 is 12.4 Å². The van der Waals surface area contributed by atoms with Crippen molar-refractivity contribution in [3.05, 3.63) is 0 Å². The molecule has 0 aromatic heterocycles. The van der Waals surface area contributed by atoms with Crippen LogP contribution in [-0.2, 0) is 10.2 Å². The summed E-state index contributed by atoms with van der Waals surface area (Å²) in [7, 11) is -1.32. The molecule has 1 saturated heterocycles. The predicted octanol–water partition coefficient (Wildman–Crippen LogP) is 0.582. The molecule has 0 unspecified atom stereocenters. The monoisotopic (exact) mass is 285 g/mol. The Hall–Kier alpha value is 0.120. The highest BCUT2D eigenvalue weighted by Gasteiger charge is 2.27. The number of hydrogen-bond donors (Lipinski definition) is 2. The zero-order valence-corrected chi connectivity index (χ0v) is 12.4. The predicted molar refractivity (Wildman–Crippen MR) is 72.7 cm³/mol. The van der Waals surface area contributed by atoms with E-state index in [1.165, 1.54) is 0 Å². The summed E-state index contributed by atoms with van der Waals surface area (Å²) >= 11 is 0. The Labute approximate surface area is 111 Å². The molecule has 1 fully saturated rings. The molecule has 0 saturated carbocycles. The average Bonchev–Trinajstić information content (AvgIpc) is 2.17. The summed E-state index contributed by atoms with van der Waals surface area (Å²) in [5.74, 6) is 0.607. The largest absolute Gasteiger partial charge is 0.319 e. The summed E-state index contributed by atoms with van der Waals surface area (Å²) in [6, 6.07) is -0.0416. The molecule has 1 aliphatic heterocycles. The molecule has 0 aromatic rings. The van der Waals surface area contributed by atoms with Crippen LogP contribution in [0.25, 0.3) is 0 Å². The molecule has 17 heavy (non-hydrogen) atoms. The lowest BCUT2D eigenvalue weighted by Gasteiger charge is -2.31. The van der Waals surface area contributed by atoms with Crippen molar-refractivity contribution >= 4 is 22.6 Å². The van der Waals surface area contributed by atoms with E-state index in [4.69, 9.17) is 0 Å². The highest BCUT2D eigenvalue weighted by molar-refractivity contribution is 7.87. The molecule has 7 heteroatoms. The van der Waals surface area contributed by atoms with Gasteiger partial charge in [-0.15, -0.1) is 12.4 Å². The molecule has 0 aromatic carbocycles. The van der Waals surface area contributed by atoms with E-state index in [0.29, 0.717) is 19.0 Å². The molecule has 5 nitrogen and oxygen atoms in total. The van der Waals surface area contributed by atoms with Gasteiger partial charge in [0.1, 0.15) is 0 Å². The van der Waals surface area contributed by atoms with Crippen LogP contribution < -0.4 is 10.0 Å². The second-order valence-electron chi connectivity index (χ2n) is 4.68. The maximum Gasteiger partial charge on any atom is 0.279 e. The number of piperidine rings is 1. The highest BCUT2D eigenvalue weighted by atomic mass is 35.5. The summed E-state index contributed by atoms with van der Waals surface area (Å²) in [5.41, 5.74) is 0. The van der Waals surface area contributed by atoms with Crippen LogP contribution in [-0.4, -0.2) is 45.4 Å². The minimum absolute atomic E-state index is 0. The van der Waals surface area contributed by atoms with Gasteiger partial charge in [-0.1, -0.05) is 0 Å². The van der Waals surface area contributed by atoms with Crippen LogP contribution in [0, 0.1) is 5.92 Å². The van der Waals surface area contributed by atoms with Crippen molar-refractivity contribution in [1.82, 2.24) is 14.3 Å². The normalized spacial score (nSPS) is 19.3. The lowest BCUT2D eigenvalue weighted by atomic mass is 9.98. The molecule has 0 spiro atoms. The van der Waals surface area contributed by atoms with E-state index in [-0.39, 0.29) is 18.4 Å². The smallest absolute Gasteiger partial charge is 0.279 e. The van der Waals surface area contributed by atoms with E-state index in [0.717, 1.165) is 19.4 Å². The van der Waals surface area contributed by atoms with E-state index < -0.39 is 10.2 Å². The molecule has 0 radical (unpaired) electrons. The Morgan fingerprint density at radius 1 is 1.29 bits per heavy atom. The van der Waals surface area contributed by atoms with Crippen LogP contribution in [0.5, 0.6) is 0 Å². The summed E-state index contributed by atoms with van der Waals surface area (Å²) < 4.78 is 27.9. The quantitative estimate of drug-likeness (QED) is 0.777. The van der Waals surface area contributed by atoms with Gasteiger partial charge in [-0.2, -0.15) is 17.4 Å². The minimum atomic E-state index is -3.26. The maximum absolute atomic E-state index is 11.9. The van der Waals surface area contributed by atoms with Gasteiger partial charge in [-0.3, -0.25) is 0 Å². The summed E-state index contributed by atoms with van der Waals surface area (Å²) in [6.45, 7) is 5.92. The van der Waals surface area contributed by atoms with E-state index in [1.807, 2.05) is 20.9 Å². The Morgan fingerprint density at radius 3 is 2.24 bits per heavy atom. The van der Waals surface area contributed by atoms with Crippen molar-refractivity contribution in [3.8, 4) is 0 Å². The fourth-order valence-corrected chi connectivity index (χ4v) is 3.45. The third-order valence-corrected chi connectivity index (χ3v) is 4.61. The average molecular weight is 286 g/mol. The van der Waals surface area contributed by atoms with Crippen molar-refractivity contribution in [2.24, 2.45) is 5.92 Å². The molecule has 0 aliphatic carbocycles. The van der Waals surface area contributed by atoms with Gasteiger partial charge in [0, 0.05) is 19.1 Å². The van der Waals surface area contributed by atoms with Crippen LogP contribution in [0.4, 0.5) is 0 Å². The number of rotatable bonds is 5. The summed E-state index contributed by atoms with van der Waals surface area (Å²) in [6.07, 6.45) is 1.89. The Morgan fingerprint density at radius 2 is 1.82 bits per heavy atom. The molecular weight excluding hydrogens is 262 g/mol. The molecule has 1 rings (SSSR count). The zero-order chi connectivity index (χ0) is 12.2. The first-order valence-electron chi connectivity index (χ1n) is 5.87. The van der Waals surface area contributed by atoms with Crippen LogP contribution in [0.1, 0.15) is 26.7 Å². The Kier molecular flexibility index (Phi) is 7.58. The summed E-state index contributed by atoms with van der Waals surface area (Å²) in [4.78, 5) is 0. The number of nitrogens with one attached hydrogen (secondary N) is 2. The second-order valence-corrected chi connectivity index (χ2v) is 6.38. The lowest BCUT2D eigenvalue weighted by molar-refractivity contribution is 0.267. The number of halogens is 1.